The number of aryl methyl sites for hydroxylation is 1. The van der Waals surface area contributed by atoms with Crippen molar-refractivity contribution < 1.29 is 23.8 Å². The van der Waals surface area contributed by atoms with E-state index in [1.165, 1.54) is 41.2 Å². The van der Waals surface area contributed by atoms with Crippen LogP contribution in [0.25, 0.3) is 0 Å². The van der Waals surface area contributed by atoms with Gasteiger partial charge < -0.3 is 9.84 Å². The third-order valence-electron chi connectivity index (χ3n) is 6.39. The summed E-state index contributed by atoms with van der Waals surface area (Å²) >= 11 is 12.2. The van der Waals surface area contributed by atoms with Crippen molar-refractivity contribution in [2.75, 3.05) is 6.61 Å². The van der Waals surface area contributed by atoms with Gasteiger partial charge in [-0.1, -0.05) is 35.3 Å². The Hall–Kier alpha value is -3.63. The molecule has 0 unspecified atom stereocenters. The number of carbonyl (C=O) groups is 2. The van der Waals surface area contributed by atoms with E-state index in [2.05, 4.69) is 10.1 Å². The second-order valence-corrected chi connectivity index (χ2v) is 10.2. The van der Waals surface area contributed by atoms with Crippen LogP contribution >= 0.6 is 23.2 Å². The van der Waals surface area contributed by atoms with Crippen LogP contribution in [0.3, 0.4) is 0 Å². The minimum atomic E-state index is -1.80. The molecule has 2 aromatic heterocycles. The van der Waals surface area contributed by atoms with Crippen molar-refractivity contribution in [3.8, 4) is 0 Å². The van der Waals surface area contributed by atoms with Gasteiger partial charge in [-0.2, -0.15) is 5.10 Å². The van der Waals surface area contributed by atoms with E-state index in [1.54, 1.807) is 43.4 Å². The first-order valence-electron chi connectivity index (χ1n) is 12.0. The van der Waals surface area contributed by atoms with Crippen molar-refractivity contribution in [2.45, 2.75) is 25.3 Å². The third-order valence-corrected chi connectivity index (χ3v) is 6.87. The largest absolute Gasteiger partial charge is 0.391 e. The lowest BCUT2D eigenvalue weighted by molar-refractivity contribution is -0.132. The summed E-state index contributed by atoms with van der Waals surface area (Å²) in [4.78, 5) is 32.8. The Labute approximate surface area is 233 Å². The fourth-order valence-electron chi connectivity index (χ4n) is 4.68. The number of carbonyl (C=O) groups excluding carboxylic acids is 2. The molecule has 2 aromatic carbocycles. The molecule has 3 heterocycles. The van der Waals surface area contributed by atoms with Gasteiger partial charge in [0.1, 0.15) is 5.82 Å². The Morgan fingerprint density at radius 1 is 1.10 bits per heavy atom. The zero-order chi connectivity index (χ0) is 27.9. The highest BCUT2D eigenvalue weighted by Gasteiger charge is 2.54. The highest BCUT2D eigenvalue weighted by Crippen LogP contribution is 2.48. The molecule has 1 aliphatic heterocycles. The third kappa shape index (κ3) is 4.94. The maximum Gasteiger partial charge on any atom is 0.257 e. The second-order valence-electron chi connectivity index (χ2n) is 9.28. The summed E-state index contributed by atoms with van der Waals surface area (Å²) in [6.45, 7) is 1.21. The molecule has 0 fully saturated rings. The van der Waals surface area contributed by atoms with E-state index in [9.17, 15) is 14.7 Å². The maximum atomic E-state index is 16.2. The van der Waals surface area contributed by atoms with Gasteiger partial charge >= 0.3 is 0 Å². The normalized spacial score (nSPS) is 17.4. The van der Waals surface area contributed by atoms with Crippen LogP contribution in [0.1, 0.15) is 50.0 Å². The SMILES string of the molecule is C[C@@H](O)CO[C@]1(c2ccc(Cl)cc2)c2c(F)cc(C(=O)c3cnn(C)c3)cc2C(=O)N1Cc1ccc(Cl)cn1. The van der Waals surface area contributed by atoms with Crippen LogP contribution in [0.2, 0.25) is 10.0 Å². The smallest absolute Gasteiger partial charge is 0.257 e. The molecular formula is C28H23Cl2FN4O4. The fraction of sp³-hybridized carbons (Fsp3) is 0.214. The molecule has 2 atom stereocenters. The Kier molecular flexibility index (Phi) is 7.26. The summed E-state index contributed by atoms with van der Waals surface area (Å²) in [5, 5.41) is 15.0. The van der Waals surface area contributed by atoms with Gasteiger partial charge in [-0.3, -0.25) is 24.2 Å². The van der Waals surface area contributed by atoms with Gasteiger partial charge in [0.05, 0.1) is 52.9 Å². The number of benzene rings is 2. The van der Waals surface area contributed by atoms with E-state index in [1.807, 2.05) is 0 Å². The monoisotopic (exact) mass is 568 g/mol. The van der Waals surface area contributed by atoms with E-state index in [0.29, 0.717) is 21.3 Å². The number of fused-ring (bicyclic) bond motifs is 1. The number of aliphatic hydroxyl groups excluding tert-OH is 1. The summed E-state index contributed by atoms with van der Waals surface area (Å²) < 4.78 is 23.9. The van der Waals surface area contributed by atoms with Crippen LogP contribution in [0.4, 0.5) is 4.39 Å². The molecule has 11 heteroatoms. The molecule has 0 saturated heterocycles. The molecule has 4 aromatic rings. The Morgan fingerprint density at radius 2 is 1.82 bits per heavy atom. The number of halogens is 3. The van der Waals surface area contributed by atoms with Crippen LogP contribution < -0.4 is 0 Å². The molecule has 8 nitrogen and oxygen atoms in total. The molecule has 1 amide bonds. The second kappa shape index (κ2) is 10.5. The van der Waals surface area contributed by atoms with Crippen molar-refractivity contribution in [1.82, 2.24) is 19.7 Å². The number of hydrogen-bond donors (Lipinski definition) is 1. The number of ether oxygens (including phenoxy) is 1. The van der Waals surface area contributed by atoms with Crippen LogP contribution in [0.5, 0.6) is 0 Å². The fourth-order valence-corrected chi connectivity index (χ4v) is 4.91. The Morgan fingerprint density at radius 3 is 2.44 bits per heavy atom. The number of nitrogens with zero attached hydrogens (tertiary/aromatic N) is 4. The minimum Gasteiger partial charge on any atom is -0.391 e. The number of rotatable bonds is 8. The molecule has 5 rings (SSSR count). The van der Waals surface area contributed by atoms with Gasteiger partial charge in [-0.25, -0.2) is 4.39 Å². The Bertz CT molecular complexity index is 1560. The quantitative estimate of drug-likeness (QED) is 0.308. The lowest BCUT2D eigenvalue weighted by Gasteiger charge is -2.39. The molecular weight excluding hydrogens is 546 g/mol. The van der Waals surface area contributed by atoms with Crippen molar-refractivity contribution in [1.29, 1.82) is 0 Å². The topological polar surface area (TPSA) is 97.5 Å². The van der Waals surface area contributed by atoms with Crippen LogP contribution in [-0.2, 0) is 24.1 Å². The first kappa shape index (κ1) is 27.0. The number of ketones is 1. The molecule has 1 aliphatic rings. The van der Waals surface area contributed by atoms with Crippen molar-refractivity contribution in [3.63, 3.8) is 0 Å². The molecule has 39 heavy (non-hydrogen) atoms. The highest BCUT2D eigenvalue weighted by molar-refractivity contribution is 6.30. The molecule has 200 valence electrons. The number of aliphatic hydroxyl groups is 1. The number of hydrogen-bond acceptors (Lipinski definition) is 6. The lowest BCUT2D eigenvalue weighted by Crippen LogP contribution is -2.48. The van der Waals surface area contributed by atoms with Gasteiger partial charge in [0.25, 0.3) is 5.91 Å². The average Bonchev–Trinajstić information content (AvgIpc) is 3.44. The molecule has 0 saturated carbocycles. The van der Waals surface area contributed by atoms with Gasteiger partial charge in [0.15, 0.2) is 11.5 Å². The highest BCUT2D eigenvalue weighted by atomic mass is 35.5. The predicted molar refractivity (Wildman–Crippen MR) is 142 cm³/mol. The first-order valence-corrected chi connectivity index (χ1v) is 12.7. The van der Waals surface area contributed by atoms with Crippen molar-refractivity contribution >= 4 is 34.9 Å². The molecule has 0 bridgehead atoms. The number of aromatic nitrogens is 3. The molecule has 0 spiro atoms. The van der Waals surface area contributed by atoms with E-state index in [4.69, 9.17) is 27.9 Å². The van der Waals surface area contributed by atoms with E-state index in [0.717, 1.165) is 6.07 Å². The van der Waals surface area contributed by atoms with Crippen LogP contribution in [-0.4, -0.2) is 49.2 Å². The summed E-state index contributed by atoms with van der Waals surface area (Å²) in [5.74, 6) is -1.89. The number of pyridine rings is 1. The number of amides is 1. The summed E-state index contributed by atoms with van der Waals surface area (Å²) in [6, 6.07) is 12.2. The maximum absolute atomic E-state index is 16.2. The van der Waals surface area contributed by atoms with Gasteiger partial charge in [0, 0.05) is 35.6 Å². The van der Waals surface area contributed by atoms with E-state index >= 15 is 4.39 Å². The summed E-state index contributed by atoms with van der Waals surface area (Å²) in [5.41, 5.74) is -0.817. The zero-order valence-corrected chi connectivity index (χ0v) is 22.4. The van der Waals surface area contributed by atoms with Gasteiger partial charge in [-0.15, -0.1) is 0 Å². The molecule has 0 radical (unpaired) electrons. The Balaban J connectivity index is 1.72. The standard InChI is InChI=1S/C28H23Cl2FN4O4/c1-16(36)15-39-28(19-3-5-20(29)6-4-19)25-23(27(38)35(28)14-22-8-7-21(30)12-32-22)9-17(10-24(25)31)26(37)18-11-33-34(2)13-18/h3-13,16,36H,14-15H2,1-2H3/t16-,28-/m1/s1. The summed E-state index contributed by atoms with van der Waals surface area (Å²) in [6.07, 6.45) is 3.39. The van der Waals surface area contributed by atoms with Crippen LogP contribution in [0.15, 0.2) is 67.1 Å². The first-order chi connectivity index (χ1) is 18.6. The van der Waals surface area contributed by atoms with E-state index < -0.39 is 29.3 Å². The van der Waals surface area contributed by atoms with E-state index in [-0.39, 0.29) is 35.4 Å². The van der Waals surface area contributed by atoms with Crippen molar-refractivity contribution in [3.05, 3.63) is 116 Å². The lowest BCUT2D eigenvalue weighted by atomic mass is 9.90. The van der Waals surface area contributed by atoms with Crippen LogP contribution in [0, 0.1) is 5.82 Å². The van der Waals surface area contributed by atoms with Crippen molar-refractivity contribution in [2.24, 2.45) is 7.05 Å². The summed E-state index contributed by atoms with van der Waals surface area (Å²) in [7, 11) is 1.66. The minimum absolute atomic E-state index is 0.0143. The molecule has 0 aliphatic carbocycles. The average molecular weight is 569 g/mol. The predicted octanol–water partition coefficient (Wildman–Crippen LogP) is 4.75. The van der Waals surface area contributed by atoms with Gasteiger partial charge in [-0.05, 0) is 43.3 Å². The zero-order valence-electron chi connectivity index (χ0n) is 20.9. The molecule has 1 N–H and O–H groups in total. The van der Waals surface area contributed by atoms with Gasteiger partial charge in [0.2, 0.25) is 0 Å².